The van der Waals surface area contributed by atoms with Crippen molar-refractivity contribution in [3.05, 3.63) is 34.8 Å². The number of nitrogens with zero attached hydrogens (tertiary/aromatic N) is 3. The molecule has 0 radical (unpaired) electrons. The van der Waals surface area contributed by atoms with Crippen LogP contribution in [0.4, 0.5) is 11.6 Å². The van der Waals surface area contributed by atoms with Crippen molar-refractivity contribution in [2.24, 2.45) is 7.05 Å². The largest absolute Gasteiger partial charge is 0.359 e. The quantitative estimate of drug-likeness (QED) is 0.775. The van der Waals surface area contributed by atoms with Crippen molar-refractivity contribution < 1.29 is 4.79 Å². The molecule has 3 aromatic rings. The molecule has 2 heterocycles. The maximum Gasteiger partial charge on any atom is 0.275 e. The number of aromatic nitrogens is 3. The fourth-order valence-corrected chi connectivity index (χ4v) is 2.54. The molecule has 0 saturated carbocycles. The van der Waals surface area contributed by atoms with Gasteiger partial charge in [-0.1, -0.05) is 0 Å². The van der Waals surface area contributed by atoms with Gasteiger partial charge in [-0.05, 0) is 18.2 Å². The number of hydrogen-bond acceptors (Lipinski definition) is 5. The zero-order valence-corrected chi connectivity index (χ0v) is 11.9. The minimum Gasteiger partial charge on any atom is -0.359 e. The first kappa shape index (κ1) is 12.6. The van der Waals surface area contributed by atoms with Crippen LogP contribution >= 0.6 is 11.3 Å². The Hall–Kier alpha value is -2.41. The monoisotopic (exact) mass is 287 g/mol. The predicted molar refractivity (Wildman–Crippen MR) is 80.3 cm³/mol. The van der Waals surface area contributed by atoms with E-state index in [1.807, 2.05) is 36.9 Å². The summed E-state index contributed by atoms with van der Waals surface area (Å²) in [5.74, 6) is 0.574. The lowest BCUT2D eigenvalue weighted by atomic mass is 10.2. The molecule has 0 atom stereocenters. The van der Waals surface area contributed by atoms with Crippen LogP contribution in [0.2, 0.25) is 0 Å². The molecule has 0 unspecified atom stereocenters. The summed E-state index contributed by atoms with van der Waals surface area (Å²) >= 11 is 1.40. The van der Waals surface area contributed by atoms with E-state index in [1.54, 1.807) is 10.9 Å². The SMILES string of the molecule is CNc1nc2ccc(NC(=O)c3cscn3)cc2n1C. The second kappa shape index (κ2) is 4.93. The van der Waals surface area contributed by atoms with E-state index in [9.17, 15) is 4.79 Å². The van der Waals surface area contributed by atoms with Gasteiger partial charge in [-0.2, -0.15) is 0 Å². The van der Waals surface area contributed by atoms with E-state index in [0.29, 0.717) is 5.69 Å². The fraction of sp³-hybridized carbons (Fsp3) is 0.154. The van der Waals surface area contributed by atoms with Gasteiger partial charge in [0.25, 0.3) is 5.91 Å². The van der Waals surface area contributed by atoms with Gasteiger partial charge in [-0.15, -0.1) is 11.3 Å². The average Bonchev–Trinajstić information content (AvgIpc) is 3.08. The normalized spacial score (nSPS) is 10.7. The van der Waals surface area contributed by atoms with Crippen LogP contribution in [0.25, 0.3) is 11.0 Å². The van der Waals surface area contributed by atoms with Crippen LogP contribution in [-0.4, -0.2) is 27.5 Å². The van der Waals surface area contributed by atoms with Gasteiger partial charge in [-0.25, -0.2) is 9.97 Å². The second-order valence-corrected chi connectivity index (χ2v) is 4.99. The molecule has 1 aromatic carbocycles. The summed E-state index contributed by atoms with van der Waals surface area (Å²) in [7, 11) is 3.75. The molecule has 2 aromatic heterocycles. The van der Waals surface area contributed by atoms with Gasteiger partial charge in [0.2, 0.25) is 5.95 Å². The number of imidazole rings is 1. The number of anilines is 2. The van der Waals surface area contributed by atoms with Crippen molar-refractivity contribution in [1.29, 1.82) is 0 Å². The number of carbonyl (C=O) groups excluding carboxylic acids is 1. The van der Waals surface area contributed by atoms with E-state index >= 15 is 0 Å². The highest BCUT2D eigenvalue weighted by atomic mass is 32.1. The molecule has 3 rings (SSSR count). The first-order chi connectivity index (χ1) is 9.69. The van der Waals surface area contributed by atoms with Crippen LogP contribution < -0.4 is 10.6 Å². The summed E-state index contributed by atoms with van der Waals surface area (Å²) in [6, 6.07) is 5.61. The molecule has 7 heteroatoms. The van der Waals surface area contributed by atoms with Crippen LogP contribution in [0.15, 0.2) is 29.1 Å². The maximum absolute atomic E-state index is 12.0. The lowest BCUT2D eigenvalue weighted by Crippen LogP contribution is -2.12. The Kier molecular flexibility index (Phi) is 3.11. The smallest absolute Gasteiger partial charge is 0.275 e. The Morgan fingerprint density at radius 2 is 2.25 bits per heavy atom. The average molecular weight is 287 g/mol. The van der Waals surface area contributed by atoms with Crippen LogP contribution in [0.3, 0.4) is 0 Å². The van der Waals surface area contributed by atoms with E-state index in [4.69, 9.17) is 0 Å². The van der Waals surface area contributed by atoms with E-state index in [2.05, 4.69) is 20.6 Å². The minimum absolute atomic E-state index is 0.207. The zero-order valence-electron chi connectivity index (χ0n) is 11.0. The lowest BCUT2D eigenvalue weighted by Gasteiger charge is -2.04. The Balaban J connectivity index is 1.93. The molecule has 0 aliphatic carbocycles. The van der Waals surface area contributed by atoms with Gasteiger partial charge in [0.05, 0.1) is 16.5 Å². The molecule has 2 N–H and O–H groups in total. The van der Waals surface area contributed by atoms with Crippen LogP contribution in [0.5, 0.6) is 0 Å². The number of benzene rings is 1. The molecule has 102 valence electrons. The summed E-state index contributed by atoms with van der Waals surface area (Å²) < 4.78 is 1.94. The Morgan fingerprint density at radius 3 is 2.95 bits per heavy atom. The van der Waals surface area contributed by atoms with E-state index in [1.165, 1.54) is 11.3 Å². The van der Waals surface area contributed by atoms with Gasteiger partial charge in [0.15, 0.2) is 0 Å². The third-order valence-corrected chi connectivity index (χ3v) is 3.61. The van der Waals surface area contributed by atoms with E-state index in [0.717, 1.165) is 22.7 Å². The van der Waals surface area contributed by atoms with Gasteiger partial charge in [-0.3, -0.25) is 4.79 Å². The molecular formula is C13H13N5OS. The first-order valence-electron chi connectivity index (χ1n) is 6.03. The third-order valence-electron chi connectivity index (χ3n) is 3.03. The molecule has 0 aliphatic rings. The highest BCUT2D eigenvalue weighted by molar-refractivity contribution is 7.07. The van der Waals surface area contributed by atoms with Gasteiger partial charge >= 0.3 is 0 Å². The van der Waals surface area contributed by atoms with Crippen LogP contribution in [-0.2, 0) is 7.05 Å². The van der Waals surface area contributed by atoms with Crippen molar-refractivity contribution in [1.82, 2.24) is 14.5 Å². The summed E-state index contributed by atoms with van der Waals surface area (Å²) in [6.45, 7) is 0. The molecule has 0 fully saturated rings. The second-order valence-electron chi connectivity index (χ2n) is 4.28. The Labute approximate surface area is 119 Å². The number of aryl methyl sites for hydroxylation is 1. The van der Waals surface area contributed by atoms with E-state index in [-0.39, 0.29) is 5.91 Å². The number of nitrogens with one attached hydrogen (secondary N) is 2. The standard InChI is InChI=1S/C13H13N5OS/c1-14-13-17-9-4-3-8(5-11(9)18(13)2)16-12(19)10-6-20-7-15-10/h3-7H,1-2H3,(H,14,17)(H,16,19). The Morgan fingerprint density at radius 1 is 1.40 bits per heavy atom. The number of fused-ring (bicyclic) bond motifs is 1. The number of amides is 1. The van der Waals surface area contributed by atoms with Gasteiger partial charge in [0.1, 0.15) is 5.69 Å². The zero-order chi connectivity index (χ0) is 14.1. The van der Waals surface area contributed by atoms with Crippen molar-refractivity contribution in [2.45, 2.75) is 0 Å². The van der Waals surface area contributed by atoms with E-state index < -0.39 is 0 Å². The van der Waals surface area contributed by atoms with Crippen molar-refractivity contribution >= 4 is 39.9 Å². The van der Waals surface area contributed by atoms with Crippen molar-refractivity contribution in [3.8, 4) is 0 Å². The number of carbonyl (C=O) groups is 1. The third kappa shape index (κ3) is 2.12. The molecular weight excluding hydrogens is 274 g/mol. The first-order valence-corrected chi connectivity index (χ1v) is 6.97. The summed E-state index contributed by atoms with van der Waals surface area (Å²) in [5, 5.41) is 7.58. The van der Waals surface area contributed by atoms with Crippen LogP contribution in [0.1, 0.15) is 10.5 Å². The number of rotatable bonds is 3. The van der Waals surface area contributed by atoms with Crippen LogP contribution in [0, 0.1) is 0 Å². The van der Waals surface area contributed by atoms with Crippen molar-refractivity contribution in [2.75, 3.05) is 17.7 Å². The highest BCUT2D eigenvalue weighted by Crippen LogP contribution is 2.22. The summed E-state index contributed by atoms with van der Waals surface area (Å²) in [4.78, 5) is 20.4. The minimum atomic E-state index is -0.207. The number of hydrogen-bond donors (Lipinski definition) is 2. The molecule has 0 aliphatic heterocycles. The topological polar surface area (TPSA) is 71.8 Å². The maximum atomic E-state index is 12.0. The molecule has 0 saturated heterocycles. The summed E-state index contributed by atoms with van der Waals surface area (Å²) in [6.07, 6.45) is 0. The predicted octanol–water partition coefficient (Wildman–Crippen LogP) is 2.32. The van der Waals surface area contributed by atoms with Gasteiger partial charge < -0.3 is 15.2 Å². The van der Waals surface area contributed by atoms with Gasteiger partial charge in [0, 0.05) is 25.2 Å². The highest BCUT2D eigenvalue weighted by Gasteiger charge is 2.10. The number of thiazole rings is 1. The molecule has 20 heavy (non-hydrogen) atoms. The molecule has 6 nitrogen and oxygen atoms in total. The Bertz CT molecular complexity index is 763. The molecule has 0 bridgehead atoms. The molecule has 1 amide bonds. The lowest BCUT2D eigenvalue weighted by molar-refractivity contribution is 0.102. The molecule has 0 spiro atoms. The summed E-state index contributed by atoms with van der Waals surface area (Å²) in [5.41, 5.74) is 4.62. The fourth-order valence-electron chi connectivity index (χ4n) is 2.01. The van der Waals surface area contributed by atoms with Crippen molar-refractivity contribution in [3.63, 3.8) is 0 Å².